The van der Waals surface area contributed by atoms with E-state index in [1.54, 1.807) is 6.20 Å². The molecule has 1 aliphatic rings. The monoisotopic (exact) mass is 446 g/mol. The topological polar surface area (TPSA) is 111 Å². The van der Waals surface area contributed by atoms with Crippen molar-refractivity contribution in [2.45, 2.75) is 13.0 Å². The van der Waals surface area contributed by atoms with Crippen LogP contribution in [0.2, 0.25) is 0 Å². The van der Waals surface area contributed by atoms with Crippen molar-refractivity contribution in [1.82, 2.24) is 15.3 Å². The van der Waals surface area contributed by atoms with E-state index < -0.39 is 4.92 Å². The standard InChI is InChI=1S/C23H22N6O4/c1-16(18-9-5-6-10-24-18)28(17-7-3-2-4-8-17)19-15-20(27-11-13-32-14-12-27)23(29(30)31)22-21(19)25-33-26-22/h2-10,15-16H,11-14H2,1H3. The van der Waals surface area contributed by atoms with Crippen LogP contribution in [-0.4, -0.2) is 46.5 Å². The lowest BCUT2D eigenvalue weighted by molar-refractivity contribution is -0.382. The van der Waals surface area contributed by atoms with Crippen LogP contribution >= 0.6 is 0 Å². The van der Waals surface area contributed by atoms with E-state index >= 15 is 0 Å². The highest BCUT2D eigenvalue weighted by atomic mass is 16.6. The molecule has 0 N–H and O–H groups in total. The molecular weight excluding hydrogens is 424 g/mol. The molecular formula is C23H22N6O4. The Morgan fingerprint density at radius 1 is 1.06 bits per heavy atom. The molecule has 1 atom stereocenters. The molecule has 1 saturated heterocycles. The van der Waals surface area contributed by atoms with E-state index in [2.05, 4.69) is 20.2 Å². The first kappa shape index (κ1) is 20.8. The number of aromatic nitrogens is 3. The second-order valence-corrected chi connectivity index (χ2v) is 7.72. The molecule has 0 radical (unpaired) electrons. The number of nitro groups is 1. The average molecular weight is 446 g/mol. The number of ether oxygens (including phenoxy) is 1. The van der Waals surface area contributed by atoms with Gasteiger partial charge in [-0.1, -0.05) is 24.3 Å². The molecule has 2 aromatic carbocycles. The van der Waals surface area contributed by atoms with Gasteiger partial charge in [0.2, 0.25) is 5.52 Å². The van der Waals surface area contributed by atoms with Gasteiger partial charge in [-0.15, -0.1) is 0 Å². The number of benzene rings is 2. The first-order valence-corrected chi connectivity index (χ1v) is 10.7. The van der Waals surface area contributed by atoms with Gasteiger partial charge in [-0.2, -0.15) is 0 Å². The Kier molecular flexibility index (Phi) is 5.57. The van der Waals surface area contributed by atoms with Crippen LogP contribution in [-0.2, 0) is 4.74 Å². The highest BCUT2D eigenvalue weighted by Crippen LogP contribution is 2.45. The third-order valence-corrected chi connectivity index (χ3v) is 5.80. The van der Waals surface area contributed by atoms with Crippen molar-refractivity contribution in [3.63, 3.8) is 0 Å². The summed E-state index contributed by atoms with van der Waals surface area (Å²) in [5.41, 5.74) is 3.19. The third-order valence-electron chi connectivity index (χ3n) is 5.80. The zero-order valence-electron chi connectivity index (χ0n) is 18.0. The zero-order chi connectivity index (χ0) is 22.8. The zero-order valence-corrected chi connectivity index (χ0v) is 18.0. The van der Waals surface area contributed by atoms with Crippen LogP contribution < -0.4 is 9.80 Å². The highest BCUT2D eigenvalue weighted by molar-refractivity contribution is 6.01. The third kappa shape index (κ3) is 3.85. The van der Waals surface area contributed by atoms with Crippen molar-refractivity contribution in [1.29, 1.82) is 0 Å². The first-order chi connectivity index (χ1) is 16.1. The fourth-order valence-corrected chi connectivity index (χ4v) is 4.22. The predicted octanol–water partition coefficient (Wildman–Crippen LogP) is 4.26. The smallest absolute Gasteiger partial charge is 0.323 e. The number of nitro benzene ring substituents is 1. The van der Waals surface area contributed by atoms with E-state index in [9.17, 15) is 10.1 Å². The Hall–Kier alpha value is -4.05. The second-order valence-electron chi connectivity index (χ2n) is 7.72. The van der Waals surface area contributed by atoms with E-state index in [1.807, 2.05) is 66.4 Å². The summed E-state index contributed by atoms with van der Waals surface area (Å²) in [6.07, 6.45) is 1.75. The average Bonchev–Trinajstić information content (AvgIpc) is 3.35. The highest BCUT2D eigenvalue weighted by Gasteiger charge is 2.33. The fourth-order valence-electron chi connectivity index (χ4n) is 4.22. The summed E-state index contributed by atoms with van der Waals surface area (Å²) in [6, 6.07) is 17.1. The molecule has 3 heterocycles. The van der Waals surface area contributed by atoms with Crippen LogP contribution in [0, 0.1) is 10.1 Å². The maximum atomic E-state index is 12.1. The largest absolute Gasteiger partial charge is 0.378 e. The van der Waals surface area contributed by atoms with E-state index in [0.717, 1.165) is 11.4 Å². The number of hydrogen-bond donors (Lipinski definition) is 0. The van der Waals surface area contributed by atoms with E-state index in [-0.39, 0.29) is 17.2 Å². The van der Waals surface area contributed by atoms with Crippen LogP contribution in [0.5, 0.6) is 0 Å². The van der Waals surface area contributed by atoms with Gasteiger partial charge in [0.25, 0.3) is 0 Å². The molecule has 0 saturated carbocycles. The van der Waals surface area contributed by atoms with Crippen LogP contribution in [0.3, 0.4) is 0 Å². The maximum absolute atomic E-state index is 12.1. The number of para-hydroxylation sites is 1. The molecule has 10 nitrogen and oxygen atoms in total. The van der Waals surface area contributed by atoms with Crippen molar-refractivity contribution in [3.8, 4) is 0 Å². The van der Waals surface area contributed by atoms with Crippen LogP contribution in [0.25, 0.3) is 11.0 Å². The van der Waals surface area contributed by atoms with Crippen molar-refractivity contribution in [3.05, 3.63) is 76.6 Å². The molecule has 0 aliphatic carbocycles. The summed E-state index contributed by atoms with van der Waals surface area (Å²) in [6.45, 7) is 4.10. The Bertz CT molecular complexity index is 1260. The quantitative estimate of drug-likeness (QED) is 0.317. The number of anilines is 3. The molecule has 0 bridgehead atoms. The summed E-state index contributed by atoms with van der Waals surface area (Å²) in [7, 11) is 0. The van der Waals surface area contributed by atoms with Crippen LogP contribution in [0.4, 0.5) is 22.7 Å². The van der Waals surface area contributed by atoms with Gasteiger partial charge in [-0.05, 0) is 47.6 Å². The lowest BCUT2D eigenvalue weighted by atomic mass is 10.1. The first-order valence-electron chi connectivity index (χ1n) is 10.7. The minimum atomic E-state index is -0.420. The van der Waals surface area contributed by atoms with Gasteiger partial charge in [0.1, 0.15) is 5.69 Å². The molecule has 1 aliphatic heterocycles. The van der Waals surface area contributed by atoms with Gasteiger partial charge in [0.05, 0.1) is 35.6 Å². The predicted molar refractivity (Wildman–Crippen MR) is 123 cm³/mol. The van der Waals surface area contributed by atoms with Gasteiger partial charge in [-0.3, -0.25) is 15.1 Å². The number of rotatable bonds is 6. The lowest BCUT2D eigenvalue weighted by Gasteiger charge is -2.33. The molecule has 5 rings (SSSR count). The van der Waals surface area contributed by atoms with Crippen molar-refractivity contribution >= 4 is 33.8 Å². The van der Waals surface area contributed by atoms with Gasteiger partial charge < -0.3 is 14.5 Å². The Balaban J connectivity index is 1.76. The second kappa shape index (κ2) is 8.83. The molecule has 4 aromatic rings. The molecule has 1 fully saturated rings. The van der Waals surface area contributed by atoms with E-state index in [1.165, 1.54) is 0 Å². The minimum absolute atomic E-state index is 0.115. The summed E-state index contributed by atoms with van der Waals surface area (Å²) in [5.74, 6) is 0. The normalized spacial score (nSPS) is 14.9. The molecule has 0 amide bonds. The van der Waals surface area contributed by atoms with E-state index in [0.29, 0.717) is 43.2 Å². The van der Waals surface area contributed by atoms with E-state index in [4.69, 9.17) is 9.37 Å². The number of nitrogens with zero attached hydrogens (tertiary/aromatic N) is 6. The van der Waals surface area contributed by atoms with Gasteiger partial charge in [-0.25, -0.2) is 4.63 Å². The Labute approximate surface area is 189 Å². The van der Waals surface area contributed by atoms with Crippen LogP contribution in [0.1, 0.15) is 18.7 Å². The van der Waals surface area contributed by atoms with Crippen molar-refractivity contribution in [2.75, 3.05) is 36.1 Å². The van der Waals surface area contributed by atoms with Gasteiger partial charge >= 0.3 is 5.69 Å². The van der Waals surface area contributed by atoms with Crippen molar-refractivity contribution < 1.29 is 14.3 Å². The maximum Gasteiger partial charge on any atom is 0.323 e. The number of fused-ring (bicyclic) bond motifs is 1. The summed E-state index contributed by atoms with van der Waals surface area (Å²) in [5, 5.41) is 20.1. The molecule has 10 heteroatoms. The van der Waals surface area contributed by atoms with Crippen molar-refractivity contribution in [2.24, 2.45) is 0 Å². The van der Waals surface area contributed by atoms with Gasteiger partial charge in [0, 0.05) is 25.0 Å². The molecule has 33 heavy (non-hydrogen) atoms. The number of morpholine rings is 1. The summed E-state index contributed by atoms with van der Waals surface area (Å²) >= 11 is 0. The summed E-state index contributed by atoms with van der Waals surface area (Å²) < 4.78 is 10.5. The number of hydrogen-bond acceptors (Lipinski definition) is 9. The minimum Gasteiger partial charge on any atom is -0.378 e. The molecule has 168 valence electrons. The number of pyridine rings is 1. The molecule has 1 unspecified atom stereocenters. The summed E-state index contributed by atoms with van der Waals surface area (Å²) in [4.78, 5) is 20.2. The fraction of sp³-hybridized carbons (Fsp3) is 0.261. The Morgan fingerprint density at radius 3 is 2.48 bits per heavy atom. The van der Waals surface area contributed by atoms with Crippen LogP contribution in [0.15, 0.2) is 65.4 Å². The molecule has 0 spiro atoms. The SMILES string of the molecule is CC(c1ccccn1)N(c1ccccc1)c1cc(N2CCOCC2)c([N+](=O)[O-])c2nonc12. The van der Waals surface area contributed by atoms with Gasteiger partial charge in [0.15, 0.2) is 5.52 Å². The molecule has 2 aromatic heterocycles. The lowest BCUT2D eigenvalue weighted by Crippen LogP contribution is -2.36. The Morgan fingerprint density at radius 2 is 1.79 bits per heavy atom.